The molecule has 4 rings (SSSR count). The number of hydrogen-bond acceptors (Lipinski definition) is 1. The highest BCUT2D eigenvalue weighted by Gasteiger charge is 2.10. The average Bonchev–Trinajstić information content (AvgIpc) is 3.37. The summed E-state index contributed by atoms with van der Waals surface area (Å²) >= 11 is 0. The Bertz CT molecular complexity index is 922. The molecule has 0 bridgehead atoms. The van der Waals surface area contributed by atoms with Crippen LogP contribution in [0.1, 0.15) is 0 Å². The number of carbonyl (C=O) groups excluding carboxylic acids is 1. The zero-order valence-corrected chi connectivity index (χ0v) is 14.0. The van der Waals surface area contributed by atoms with Crippen molar-refractivity contribution >= 4 is 17.4 Å². The van der Waals surface area contributed by atoms with Gasteiger partial charge >= 0.3 is 6.03 Å². The van der Waals surface area contributed by atoms with Gasteiger partial charge in [-0.05, 0) is 48.5 Å². The molecule has 0 fully saturated rings. The number of rotatable bonds is 4. The molecule has 128 valence electrons. The van der Waals surface area contributed by atoms with Crippen LogP contribution in [0.4, 0.5) is 16.2 Å². The summed E-state index contributed by atoms with van der Waals surface area (Å²) in [6.45, 7) is 0. The van der Waals surface area contributed by atoms with Crippen molar-refractivity contribution in [2.24, 2.45) is 0 Å². The Hall–Kier alpha value is -3.73. The van der Waals surface area contributed by atoms with E-state index in [4.69, 9.17) is 0 Å². The van der Waals surface area contributed by atoms with E-state index < -0.39 is 0 Å². The Labute approximate surface area is 151 Å². The van der Waals surface area contributed by atoms with Gasteiger partial charge in [-0.15, -0.1) is 0 Å². The monoisotopic (exact) mass is 342 g/mol. The van der Waals surface area contributed by atoms with Gasteiger partial charge in [0.15, 0.2) is 0 Å². The third kappa shape index (κ3) is 3.23. The highest BCUT2D eigenvalue weighted by Crippen LogP contribution is 2.22. The van der Waals surface area contributed by atoms with E-state index in [1.165, 1.54) is 0 Å². The molecule has 2 amide bonds. The normalized spacial score (nSPS) is 10.5. The highest BCUT2D eigenvalue weighted by atomic mass is 16.2. The van der Waals surface area contributed by atoms with Crippen molar-refractivity contribution in [1.29, 1.82) is 0 Å². The Morgan fingerprint density at radius 3 is 1.38 bits per heavy atom. The van der Waals surface area contributed by atoms with Crippen LogP contribution in [0.15, 0.2) is 97.6 Å². The predicted octanol–water partition coefficient (Wildman–Crippen LogP) is 4.91. The molecule has 0 aliphatic rings. The van der Waals surface area contributed by atoms with Gasteiger partial charge in [0.05, 0.1) is 22.7 Å². The minimum Gasteiger partial charge on any atom is -0.322 e. The van der Waals surface area contributed by atoms with Crippen molar-refractivity contribution in [1.82, 2.24) is 9.13 Å². The molecule has 0 aliphatic heterocycles. The standard InChI is InChI=1S/C21H18N4O/c26-21(22-17-9-1-3-11-19(17)24-13-5-6-14-24)23-18-10-2-4-12-20(18)25-15-7-8-16-25/h1-16H,(H2,22,23,26). The van der Waals surface area contributed by atoms with Gasteiger partial charge in [0, 0.05) is 24.8 Å². The Kier molecular flexibility index (Phi) is 4.26. The van der Waals surface area contributed by atoms with Crippen LogP contribution >= 0.6 is 0 Å². The summed E-state index contributed by atoms with van der Waals surface area (Å²) in [7, 11) is 0. The number of benzene rings is 2. The van der Waals surface area contributed by atoms with Crippen molar-refractivity contribution in [3.05, 3.63) is 97.6 Å². The van der Waals surface area contributed by atoms with Crippen molar-refractivity contribution in [2.45, 2.75) is 0 Å². The van der Waals surface area contributed by atoms with Crippen molar-refractivity contribution in [3.63, 3.8) is 0 Å². The highest BCUT2D eigenvalue weighted by molar-refractivity contribution is 6.02. The summed E-state index contributed by atoms with van der Waals surface area (Å²) in [5.74, 6) is 0. The first kappa shape index (κ1) is 15.8. The summed E-state index contributed by atoms with van der Waals surface area (Å²) in [6.07, 6.45) is 7.78. The quantitative estimate of drug-likeness (QED) is 0.544. The molecule has 0 atom stereocenters. The van der Waals surface area contributed by atoms with Gasteiger partial charge in [-0.25, -0.2) is 4.79 Å². The molecule has 2 N–H and O–H groups in total. The van der Waals surface area contributed by atoms with Gasteiger partial charge in [-0.2, -0.15) is 0 Å². The number of nitrogens with zero attached hydrogens (tertiary/aromatic N) is 2. The lowest BCUT2D eigenvalue weighted by atomic mass is 10.2. The summed E-state index contributed by atoms with van der Waals surface area (Å²) < 4.78 is 3.92. The van der Waals surface area contributed by atoms with Crippen LogP contribution in [0.2, 0.25) is 0 Å². The van der Waals surface area contributed by atoms with E-state index >= 15 is 0 Å². The second-order valence-electron chi connectivity index (χ2n) is 5.79. The molecule has 5 heteroatoms. The number of anilines is 2. The van der Waals surface area contributed by atoms with E-state index in [9.17, 15) is 4.79 Å². The lowest BCUT2D eigenvalue weighted by Gasteiger charge is -2.15. The molecule has 0 aliphatic carbocycles. The van der Waals surface area contributed by atoms with E-state index in [1.54, 1.807) is 0 Å². The fourth-order valence-electron chi connectivity index (χ4n) is 2.88. The van der Waals surface area contributed by atoms with Crippen LogP contribution in [0, 0.1) is 0 Å². The maximum atomic E-state index is 12.6. The molecule has 0 saturated carbocycles. The summed E-state index contributed by atoms with van der Waals surface area (Å²) in [5, 5.41) is 5.88. The van der Waals surface area contributed by atoms with Gasteiger partial charge in [0.1, 0.15) is 0 Å². The van der Waals surface area contributed by atoms with E-state index in [0.29, 0.717) is 0 Å². The number of hydrogen-bond donors (Lipinski definition) is 2. The maximum Gasteiger partial charge on any atom is 0.323 e. The fourth-order valence-corrected chi connectivity index (χ4v) is 2.88. The molecular formula is C21H18N4O. The van der Waals surface area contributed by atoms with Gasteiger partial charge in [0.25, 0.3) is 0 Å². The minimum absolute atomic E-state index is 0.288. The SMILES string of the molecule is O=C(Nc1ccccc1-n1cccc1)Nc1ccccc1-n1cccc1. The van der Waals surface area contributed by atoms with Crippen LogP contribution in [-0.4, -0.2) is 15.2 Å². The molecule has 0 spiro atoms. The Morgan fingerprint density at radius 1 is 0.577 bits per heavy atom. The summed E-state index contributed by atoms with van der Waals surface area (Å²) in [4.78, 5) is 12.6. The summed E-state index contributed by atoms with van der Waals surface area (Å²) in [6, 6.07) is 22.9. The number of carbonyl (C=O) groups is 1. The number of urea groups is 1. The first-order valence-corrected chi connectivity index (χ1v) is 8.34. The van der Waals surface area contributed by atoms with Crippen LogP contribution in [0.5, 0.6) is 0 Å². The van der Waals surface area contributed by atoms with E-state index in [-0.39, 0.29) is 6.03 Å². The zero-order valence-electron chi connectivity index (χ0n) is 14.0. The van der Waals surface area contributed by atoms with Crippen LogP contribution in [0.25, 0.3) is 11.4 Å². The van der Waals surface area contributed by atoms with E-state index in [0.717, 1.165) is 22.7 Å². The second-order valence-corrected chi connectivity index (χ2v) is 5.79. The fraction of sp³-hybridized carbons (Fsp3) is 0. The minimum atomic E-state index is -0.288. The Morgan fingerprint density at radius 2 is 0.962 bits per heavy atom. The molecule has 5 nitrogen and oxygen atoms in total. The van der Waals surface area contributed by atoms with E-state index in [2.05, 4.69) is 10.6 Å². The van der Waals surface area contributed by atoms with Crippen LogP contribution < -0.4 is 10.6 Å². The molecular weight excluding hydrogens is 324 g/mol. The first-order valence-electron chi connectivity index (χ1n) is 8.34. The molecule has 4 aromatic rings. The summed E-state index contributed by atoms with van der Waals surface area (Å²) in [5.41, 5.74) is 3.29. The van der Waals surface area contributed by atoms with Crippen LogP contribution in [0.3, 0.4) is 0 Å². The Balaban J connectivity index is 1.57. The first-order chi connectivity index (χ1) is 12.8. The number of aromatic nitrogens is 2. The van der Waals surface area contributed by atoms with Gasteiger partial charge in [0.2, 0.25) is 0 Å². The largest absolute Gasteiger partial charge is 0.323 e. The molecule has 2 aromatic heterocycles. The number of amides is 2. The molecule has 0 radical (unpaired) electrons. The molecule has 2 aromatic carbocycles. The van der Waals surface area contributed by atoms with Crippen LogP contribution in [-0.2, 0) is 0 Å². The van der Waals surface area contributed by atoms with Gasteiger partial charge in [-0.3, -0.25) is 0 Å². The molecule has 26 heavy (non-hydrogen) atoms. The lowest BCUT2D eigenvalue weighted by Crippen LogP contribution is -2.21. The second kappa shape index (κ2) is 7.03. The zero-order chi connectivity index (χ0) is 17.8. The van der Waals surface area contributed by atoms with E-state index in [1.807, 2.05) is 107 Å². The third-order valence-electron chi connectivity index (χ3n) is 4.07. The number of para-hydroxylation sites is 4. The molecule has 0 unspecified atom stereocenters. The van der Waals surface area contributed by atoms with Gasteiger partial charge < -0.3 is 19.8 Å². The van der Waals surface area contributed by atoms with Crippen molar-refractivity contribution in [3.8, 4) is 11.4 Å². The predicted molar refractivity (Wildman–Crippen MR) is 104 cm³/mol. The van der Waals surface area contributed by atoms with Gasteiger partial charge in [-0.1, -0.05) is 24.3 Å². The van der Waals surface area contributed by atoms with Crippen molar-refractivity contribution in [2.75, 3.05) is 10.6 Å². The maximum absolute atomic E-state index is 12.6. The third-order valence-corrected chi connectivity index (χ3v) is 4.07. The van der Waals surface area contributed by atoms with Crippen molar-refractivity contribution < 1.29 is 4.79 Å². The smallest absolute Gasteiger partial charge is 0.322 e. The average molecular weight is 342 g/mol. The molecule has 2 heterocycles. The number of nitrogens with one attached hydrogen (secondary N) is 2. The lowest BCUT2D eigenvalue weighted by molar-refractivity contribution is 0.262. The topological polar surface area (TPSA) is 51.0 Å². The molecule has 0 saturated heterocycles.